The van der Waals surface area contributed by atoms with Gasteiger partial charge in [0.25, 0.3) is 10.0 Å². The van der Waals surface area contributed by atoms with Gasteiger partial charge in [-0.2, -0.15) is 0 Å². The van der Waals surface area contributed by atoms with Crippen molar-refractivity contribution in [3.05, 3.63) is 78.0 Å². The Labute approximate surface area is 168 Å². The van der Waals surface area contributed by atoms with E-state index in [-0.39, 0.29) is 22.8 Å². The van der Waals surface area contributed by atoms with Gasteiger partial charge in [-0.05, 0) is 37.6 Å². The van der Waals surface area contributed by atoms with Crippen LogP contribution in [0.3, 0.4) is 0 Å². The number of oxime groups is 1. The maximum absolute atomic E-state index is 13.2. The minimum absolute atomic E-state index is 0.0435. The van der Waals surface area contributed by atoms with Crippen LogP contribution in [0.1, 0.15) is 18.1 Å². The molecule has 0 saturated heterocycles. The molecular formula is C21H20N2O5S. The van der Waals surface area contributed by atoms with Crippen molar-refractivity contribution in [3.63, 3.8) is 0 Å². The van der Waals surface area contributed by atoms with E-state index < -0.39 is 16.0 Å². The molecule has 3 aromatic rings. The van der Waals surface area contributed by atoms with Crippen LogP contribution in [0.2, 0.25) is 0 Å². The van der Waals surface area contributed by atoms with Crippen LogP contribution in [0.5, 0.6) is 0 Å². The standard InChI is InChI=1S/C21H20N2O5S/c1-14(2)13-28-21(24)20(22-25)18-12-23(19-7-5-4-6-17(18)19)29(26,27)16-10-8-15(3)9-11-16/h4-12,25H,1,13H2,2-3H3/b22-20+. The topological polar surface area (TPSA) is 98.0 Å². The lowest BCUT2D eigenvalue weighted by Gasteiger charge is -2.07. The van der Waals surface area contributed by atoms with Crippen LogP contribution in [0.4, 0.5) is 0 Å². The molecule has 0 bridgehead atoms. The number of para-hydroxylation sites is 1. The summed E-state index contributed by atoms with van der Waals surface area (Å²) in [6.07, 6.45) is 1.26. The molecule has 29 heavy (non-hydrogen) atoms. The molecule has 2 aromatic carbocycles. The number of aryl methyl sites for hydroxylation is 1. The molecule has 1 heterocycles. The van der Waals surface area contributed by atoms with Gasteiger partial charge in [0.1, 0.15) is 6.61 Å². The fraction of sp³-hybridized carbons (Fsp3) is 0.143. The highest BCUT2D eigenvalue weighted by molar-refractivity contribution is 7.90. The van der Waals surface area contributed by atoms with Crippen molar-refractivity contribution in [1.29, 1.82) is 0 Å². The first-order chi connectivity index (χ1) is 13.8. The lowest BCUT2D eigenvalue weighted by Crippen LogP contribution is -2.20. The van der Waals surface area contributed by atoms with Crippen molar-refractivity contribution < 1.29 is 23.2 Å². The lowest BCUT2D eigenvalue weighted by molar-refractivity contribution is -0.134. The molecule has 0 atom stereocenters. The van der Waals surface area contributed by atoms with Crippen molar-refractivity contribution in [1.82, 2.24) is 3.97 Å². The molecule has 0 aliphatic rings. The van der Waals surface area contributed by atoms with Gasteiger partial charge in [-0.3, -0.25) is 0 Å². The average molecular weight is 412 g/mol. The largest absolute Gasteiger partial charge is 0.456 e. The van der Waals surface area contributed by atoms with E-state index >= 15 is 0 Å². The molecular weight excluding hydrogens is 392 g/mol. The Kier molecular flexibility index (Phi) is 5.56. The van der Waals surface area contributed by atoms with E-state index in [9.17, 15) is 18.4 Å². The zero-order valence-electron chi connectivity index (χ0n) is 16.0. The van der Waals surface area contributed by atoms with E-state index in [1.54, 1.807) is 43.3 Å². The van der Waals surface area contributed by atoms with Crippen molar-refractivity contribution >= 4 is 32.6 Å². The molecule has 0 saturated carbocycles. The normalized spacial score (nSPS) is 12.1. The van der Waals surface area contributed by atoms with Gasteiger partial charge >= 0.3 is 5.97 Å². The minimum atomic E-state index is -3.94. The Morgan fingerprint density at radius 2 is 1.83 bits per heavy atom. The van der Waals surface area contributed by atoms with Gasteiger partial charge in [0.05, 0.1) is 10.4 Å². The maximum atomic E-state index is 13.2. The molecule has 3 rings (SSSR count). The molecule has 0 fully saturated rings. The SMILES string of the molecule is C=C(C)COC(=O)/C(=N/O)c1cn(S(=O)(=O)c2ccc(C)cc2)c2ccccc12. The number of benzene rings is 2. The molecule has 150 valence electrons. The van der Waals surface area contributed by atoms with E-state index in [1.165, 1.54) is 18.3 Å². The van der Waals surface area contributed by atoms with Crippen LogP contribution >= 0.6 is 0 Å². The summed E-state index contributed by atoms with van der Waals surface area (Å²) in [5, 5.41) is 12.9. The number of carbonyl (C=O) groups is 1. The number of aromatic nitrogens is 1. The second-order valence-electron chi connectivity index (χ2n) is 6.66. The van der Waals surface area contributed by atoms with Crippen LogP contribution in [-0.2, 0) is 19.6 Å². The summed E-state index contributed by atoms with van der Waals surface area (Å²) >= 11 is 0. The second-order valence-corrected chi connectivity index (χ2v) is 8.47. The summed E-state index contributed by atoms with van der Waals surface area (Å²) in [6.45, 7) is 7.15. The van der Waals surface area contributed by atoms with E-state index in [0.29, 0.717) is 16.5 Å². The first kappa shape index (κ1) is 20.3. The van der Waals surface area contributed by atoms with E-state index in [0.717, 1.165) is 9.54 Å². The van der Waals surface area contributed by atoms with Crippen molar-refractivity contribution in [2.24, 2.45) is 5.16 Å². The lowest BCUT2D eigenvalue weighted by atomic mass is 10.1. The first-order valence-electron chi connectivity index (χ1n) is 8.72. The summed E-state index contributed by atoms with van der Waals surface area (Å²) in [5.74, 6) is -0.883. The number of hydrogen-bond donors (Lipinski definition) is 1. The third-order valence-corrected chi connectivity index (χ3v) is 5.94. The highest BCUT2D eigenvalue weighted by Crippen LogP contribution is 2.27. The molecule has 0 aliphatic heterocycles. The second kappa shape index (κ2) is 7.92. The molecule has 0 radical (unpaired) electrons. The number of ether oxygens (including phenoxy) is 1. The predicted molar refractivity (Wildman–Crippen MR) is 110 cm³/mol. The van der Waals surface area contributed by atoms with Gasteiger partial charge in [0.2, 0.25) is 0 Å². The quantitative estimate of drug-likeness (QED) is 0.220. The molecule has 0 amide bonds. The van der Waals surface area contributed by atoms with Crippen LogP contribution in [-0.4, -0.2) is 35.9 Å². The zero-order valence-corrected chi connectivity index (χ0v) is 16.8. The minimum Gasteiger partial charge on any atom is -0.456 e. The van der Waals surface area contributed by atoms with Crippen LogP contribution in [0, 0.1) is 6.92 Å². The van der Waals surface area contributed by atoms with Crippen LogP contribution in [0.25, 0.3) is 10.9 Å². The Morgan fingerprint density at radius 3 is 2.45 bits per heavy atom. The summed E-state index contributed by atoms with van der Waals surface area (Å²) in [5.41, 5.74) is 1.64. The number of hydrogen-bond acceptors (Lipinski definition) is 6. The fourth-order valence-electron chi connectivity index (χ4n) is 2.82. The molecule has 7 nitrogen and oxygen atoms in total. The monoisotopic (exact) mass is 412 g/mol. The third kappa shape index (κ3) is 3.93. The summed E-state index contributed by atoms with van der Waals surface area (Å²) in [6, 6.07) is 13.1. The Bertz CT molecular complexity index is 1220. The maximum Gasteiger partial charge on any atom is 0.361 e. The van der Waals surface area contributed by atoms with Crippen molar-refractivity contribution in [3.8, 4) is 0 Å². The smallest absolute Gasteiger partial charge is 0.361 e. The predicted octanol–water partition coefficient (Wildman–Crippen LogP) is 3.48. The summed E-state index contributed by atoms with van der Waals surface area (Å²) < 4.78 is 32.5. The Morgan fingerprint density at radius 1 is 1.17 bits per heavy atom. The van der Waals surface area contributed by atoms with Crippen LogP contribution < -0.4 is 0 Å². The number of esters is 1. The first-order valence-corrected chi connectivity index (χ1v) is 10.2. The average Bonchev–Trinajstić information content (AvgIpc) is 3.08. The van der Waals surface area contributed by atoms with E-state index in [4.69, 9.17) is 4.74 Å². The van der Waals surface area contributed by atoms with Gasteiger partial charge in [0.15, 0.2) is 5.71 Å². The number of rotatable bonds is 6. The Hall–Kier alpha value is -3.39. The highest BCUT2D eigenvalue weighted by Gasteiger charge is 2.26. The Balaban J connectivity index is 2.16. The molecule has 0 unspecified atom stereocenters. The fourth-order valence-corrected chi connectivity index (χ4v) is 4.19. The van der Waals surface area contributed by atoms with Gasteiger partial charge in [-0.25, -0.2) is 17.2 Å². The highest BCUT2D eigenvalue weighted by atomic mass is 32.2. The number of carbonyl (C=O) groups excluding carboxylic acids is 1. The molecule has 8 heteroatoms. The zero-order chi connectivity index (χ0) is 21.2. The van der Waals surface area contributed by atoms with E-state index in [1.807, 2.05) is 6.92 Å². The molecule has 1 aromatic heterocycles. The summed E-state index contributed by atoms with van der Waals surface area (Å²) in [4.78, 5) is 12.5. The summed E-state index contributed by atoms with van der Waals surface area (Å²) in [7, 11) is -3.94. The van der Waals surface area contributed by atoms with Crippen molar-refractivity contribution in [2.75, 3.05) is 6.61 Å². The van der Waals surface area contributed by atoms with Gasteiger partial charge < -0.3 is 9.94 Å². The van der Waals surface area contributed by atoms with Gasteiger partial charge in [0, 0.05) is 17.1 Å². The number of nitrogens with zero attached hydrogens (tertiary/aromatic N) is 2. The third-order valence-electron chi connectivity index (χ3n) is 4.25. The van der Waals surface area contributed by atoms with Crippen LogP contribution in [0.15, 0.2) is 76.9 Å². The molecule has 0 spiro atoms. The number of fused-ring (bicyclic) bond motifs is 1. The van der Waals surface area contributed by atoms with Gasteiger partial charge in [-0.1, -0.05) is 47.6 Å². The van der Waals surface area contributed by atoms with E-state index in [2.05, 4.69) is 11.7 Å². The molecule has 0 aliphatic carbocycles. The van der Waals surface area contributed by atoms with Gasteiger partial charge in [-0.15, -0.1) is 0 Å². The molecule has 1 N–H and O–H groups in total. The van der Waals surface area contributed by atoms with Crippen molar-refractivity contribution in [2.45, 2.75) is 18.7 Å².